The van der Waals surface area contributed by atoms with Crippen LogP contribution in [0, 0.1) is 13.8 Å². The molecule has 1 amide bonds. The van der Waals surface area contributed by atoms with Crippen molar-refractivity contribution >= 4 is 11.6 Å². The van der Waals surface area contributed by atoms with Gasteiger partial charge in [-0.1, -0.05) is 18.2 Å². The number of nitrogens with one attached hydrogen (secondary N) is 2. The number of amides is 1. The normalized spacial score (nSPS) is 10.5. The van der Waals surface area contributed by atoms with Crippen molar-refractivity contribution in [1.29, 1.82) is 0 Å². The van der Waals surface area contributed by atoms with Crippen molar-refractivity contribution in [3.63, 3.8) is 0 Å². The second-order valence-corrected chi connectivity index (χ2v) is 6.03. The monoisotopic (exact) mass is 351 g/mol. The summed E-state index contributed by atoms with van der Waals surface area (Å²) in [7, 11) is 0. The maximum atomic E-state index is 12.1. The quantitative estimate of drug-likeness (QED) is 0.712. The van der Waals surface area contributed by atoms with Crippen LogP contribution < -0.4 is 15.7 Å². The predicted molar refractivity (Wildman–Crippen MR) is 101 cm³/mol. The van der Waals surface area contributed by atoms with E-state index in [2.05, 4.69) is 10.3 Å². The van der Waals surface area contributed by atoms with Crippen molar-refractivity contribution < 1.29 is 9.53 Å². The summed E-state index contributed by atoms with van der Waals surface area (Å²) >= 11 is 0. The van der Waals surface area contributed by atoms with Crippen molar-refractivity contribution in [3.8, 4) is 11.5 Å². The number of ether oxygens (including phenoxy) is 1. The minimum absolute atomic E-state index is 0.146. The number of hydrogen-bond acceptors (Lipinski definition) is 3. The molecule has 134 valence electrons. The predicted octanol–water partition coefficient (Wildman–Crippen LogP) is 3.61. The lowest BCUT2D eigenvalue weighted by atomic mass is 10.2. The minimum Gasteiger partial charge on any atom is -0.457 e. The van der Waals surface area contributed by atoms with Crippen LogP contribution in [-0.2, 0) is 11.3 Å². The van der Waals surface area contributed by atoms with E-state index in [-0.39, 0.29) is 18.0 Å². The number of aromatic amines is 1. The summed E-state index contributed by atoms with van der Waals surface area (Å²) in [6, 6.07) is 16.7. The van der Waals surface area contributed by atoms with Crippen LogP contribution in [0.2, 0.25) is 0 Å². The summed E-state index contributed by atoms with van der Waals surface area (Å²) in [5.74, 6) is 1.30. The van der Waals surface area contributed by atoms with Crippen LogP contribution in [0.15, 0.2) is 59.4 Å². The van der Waals surface area contributed by atoms with Crippen LogP contribution >= 0.6 is 0 Å². The Morgan fingerprint density at radius 3 is 2.31 bits per heavy atom. The number of H-pyrrole nitrogens is 1. The molecular weight excluding hydrogens is 330 g/mol. The Balaban J connectivity index is 1.55. The van der Waals surface area contributed by atoms with E-state index in [4.69, 9.17) is 4.74 Å². The van der Waals surface area contributed by atoms with Gasteiger partial charge in [-0.25, -0.2) is 4.79 Å². The zero-order chi connectivity index (χ0) is 18.5. The molecule has 0 aliphatic rings. The second-order valence-electron chi connectivity index (χ2n) is 6.03. The molecule has 0 aliphatic carbocycles. The summed E-state index contributed by atoms with van der Waals surface area (Å²) in [6.45, 7) is 4.04. The molecule has 1 aromatic heterocycles. The fraction of sp³-hybridized carbons (Fsp3) is 0.200. The van der Waals surface area contributed by atoms with Crippen molar-refractivity contribution in [3.05, 3.63) is 76.5 Å². The van der Waals surface area contributed by atoms with Gasteiger partial charge >= 0.3 is 5.69 Å². The average Bonchev–Trinajstić information content (AvgIpc) is 2.88. The number of carbonyl (C=O) groups is 1. The molecule has 0 aliphatic heterocycles. The zero-order valence-electron chi connectivity index (χ0n) is 14.8. The van der Waals surface area contributed by atoms with E-state index in [0.29, 0.717) is 18.0 Å². The van der Waals surface area contributed by atoms with E-state index in [0.717, 1.165) is 17.1 Å². The number of nitrogens with zero attached hydrogens (tertiary/aromatic N) is 1. The van der Waals surface area contributed by atoms with Gasteiger partial charge in [-0.15, -0.1) is 0 Å². The molecule has 0 spiro atoms. The third-order valence-corrected chi connectivity index (χ3v) is 4.17. The Hall–Kier alpha value is -3.28. The molecule has 6 nitrogen and oxygen atoms in total. The summed E-state index contributed by atoms with van der Waals surface area (Å²) in [5.41, 5.74) is 2.18. The van der Waals surface area contributed by atoms with Crippen LogP contribution in [0.25, 0.3) is 0 Å². The summed E-state index contributed by atoms with van der Waals surface area (Å²) in [6.07, 6.45) is 0.223. The smallest absolute Gasteiger partial charge is 0.325 e. The number of aryl methyl sites for hydroxylation is 1. The van der Waals surface area contributed by atoms with Gasteiger partial charge < -0.3 is 15.0 Å². The first kappa shape index (κ1) is 17.5. The van der Waals surface area contributed by atoms with E-state index in [9.17, 15) is 9.59 Å². The van der Waals surface area contributed by atoms with Crippen LogP contribution in [0.4, 0.5) is 5.69 Å². The Morgan fingerprint density at radius 2 is 1.69 bits per heavy atom. The van der Waals surface area contributed by atoms with Crippen molar-refractivity contribution in [1.82, 2.24) is 9.55 Å². The van der Waals surface area contributed by atoms with E-state index in [1.165, 1.54) is 0 Å². The Labute approximate surface area is 151 Å². The summed E-state index contributed by atoms with van der Waals surface area (Å²) < 4.78 is 7.29. The molecule has 26 heavy (non-hydrogen) atoms. The van der Waals surface area contributed by atoms with E-state index in [1.54, 1.807) is 28.8 Å². The topological polar surface area (TPSA) is 76.1 Å². The largest absolute Gasteiger partial charge is 0.457 e. The Morgan fingerprint density at radius 1 is 1.04 bits per heavy atom. The highest BCUT2D eigenvalue weighted by atomic mass is 16.5. The molecule has 1 heterocycles. The highest BCUT2D eigenvalue weighted by molar-refractivity contribution is 5.90. The van der Waals surface area contributed by atoms with E-state index in [1.807, 2.05) is 44.2 Å². The highest BCUT2D eigenvalue weighted by Crippen LogP contribution is 2.22. The van der Waals surface area contributed by atoms with Gasteiger partial charge in [0.25, 0.3) is 0 Å². The number of rotatable bonds is 6. The minimum atomic E-state index is -0.185. The van der Waals surface area contributed by atoms with Gasteiger partial charge in [0, 0.05) is 30.0 Å². The first-order chi connectivity index (χ1) is 12.5. The van der Waals surface area contributed by atoms with Gasteiger partial charge in [-0.2, -0.15) is 0 Å². The van der Waals surface area contributed by atoms with Gasteiger partial charge in [-0.05, 0) is 50.2 Å². The van der Waals surface area contributed by atoms with Gasteiger partial charge in [0.1, 0.15) is 11.5 Å². The number of hydrogen-bond donors (Lipinski definition) is 2. The van der Waals surface area contributed by atoms with E-state index < -0.39 is 0 Å². The molecule has 0 radical (unpaired) electrons. The van der Waals surface area contributed by atoms with Gasteiger partial charge in [0.05, 0.1) is 0 Å². The number of anilines is 1. The van der Waals surface area contributed by atoms with Crippen LogP contribution in [0.3, 0.4) is 0 Å². The number of carbonyl (C=O) groups excluding carboxylic acids is 1. The highest BCUT2D eigenvalue weighted by Gasteiger charge is 2.09. The first-order valence-electron chi connectivity index (χ1n) is 8.42. The molecule has 6 heteroatoms. The summed E-state index contributed by atoms with van der Waals surface area (Å²) in [5, 5.41) is 2.83. The number of para-hydroxylation sites is 1. The SMILES string of the molecule is Cc1[nH]c(=O)n(CCC(=O)Nc2ccc(Oc3ccccc3)cc2)c1C. The maximum Gasteiger partial charge on any atom is 0.325 e. The average molecular weight is 351 g/mol. The van der Waals surface area contributed by atoms with Crippen molar-refractivity contribution in [2.75, 3.05) is 5.32 Å². The third kappa shape index (κ3) is 4.22. The number of imidazole rings is 1. The lowest BCUT2D eigenvalue weighted by Gasteiger charge is -2.09. The molecule has 0 unspecified atom stereocenters. The van der Waals surface area contributed by atoms with Crippen LogP contribution in [0.1, 0.15) is 17.8 Å². The van der Waals surface area contributed by atoms with Gasteiger partial charge in [-0.3, -0.25) is 9.36 Å². The van der Waals surface area contributed by atoms with Crippen LogP contribution in [0.5, 0.6) is 11.5 Å². The lowest BCUT2D eigenvalue weighted by molar-refractivity contribution is -0.116. The number of benzene rings is 2. The Bertz CT molecular complexity index is 941. The standard InChI is InChI=1S/C20H21N3O3/c1-14-15(2)23(20(25)21-14)13-12-19(24)22-16-8-10-18(11-9-16)26-17-6-4-3-5-7-17/h3-11H,12-13H2,1-2H3,(H,21,25)(H,22,24). The molecule has 0 fully saturated rings. The molecular formula is C20H21N3O3. The fourth-order valence-electron chi connectivity index (χ4n) is 2.61. The molecule has 0 bridgehead atoms. The van der Waals surface area contributed by atoms with Gasteiger partial charge in [0.2, 0.25) is 5.91 Å². The first-order valence-corrected chi connectivity index (χ1v) is 8.42. The molecule has 0 saturated carbocycles. The van der Waals surface area contributed by atoms with Crippen molar-refractivity contribution in [2.45, 2.75) is 26.8 Å². The maximum absolute atomic E-state index is 12.1. The lowest BCUT2D eigenvalue weighted by Crippen LogP contribution is -2.22. The second kappa shape index (κ2) is 7.74. The molecule has 3 aromatic rings. The third-order valence-electron chi connectivity index (χ3n) is 4.17. The zero-order valence-corrected chi connectivity index (χ0v) is 14.8. The Kier molecular flexibility index (Phi) is 5.22. The fourth-order valence-corrected chi connectivity index (χ4v) is 2.61. The molecule has 0 saturated heterocycles. The molecule has 3 rings (SSSR count). The van der Waals surface area contributed by atoms with Gasteiger partial charge in [0.15, 0.2) is 0 Å². The van der Waals surface area contributed by atoms with Crippen LogP contribution in [-0.4, -0.2) is 15.5 Å². The van der Waals surface area contributed by atoms with E-state index >= 15 is 0 Å². The van der Waals surface area contributed by atoms with Crippen molar-refractivity contribution in [2.24, 2.45) is 0 Å². The number of aromatic nitrogens is 2. The summed E-state index contributed by atoms with van der Waals surface area (Å²) in [4.78, 5) is 26.6. The molecule has 0 atom stereocenters. The molecule has 2 N–H and O–H groups in total. The molecule has 2 aromatic carbocycles.